The molecule has 0 saturated carbocycles. The fourth-order valence-corrected chi connectivity index (χ4v) is 3.63. The largest absolute Gasteiger partial charge is 0.338 e. The van der Waals surface area contributed by atoms with Gasteiger partial charge in [0.1, 0.15) is 0 Å². The third kappa shape index (κ3) is 4.92. The summed E-state index contributed by atoms with van der Waals surface area (Å²) in [7, 11) is 0. The number of nitrogens with zero attached hydrogens (tertiary/aromatic N) is 2. The van der Waals surface area contributed by atoms with Crippen LogP contribution in [0.3, 0.4) is 0 Å². The minimum atomic E-state index is 0.0704. The summed E-state index contributed by atoms with van der Waals surface area (Å²) in [5, 5.41) is 3.59. The number of thioether (sulfide) groups is 1. The van der Waals surface area contributed by atoms with Crippen molar-refractivity contribution in [2.45, 2.75) is 32.4 Å². The number of aryl methyl sites for hydroxylation is 1. The first-order valence-corrected chi connectivity index (χ1v) is 8.67. The molecular formula is C16H25N3OS. The fraction of sp³-hybridized carbons (Fsp3) is 0.625. The lowest BCUT2D eigenvalue weighted by Crippen LogP contribution is -2.48. The second-order valence-electron chi connectivity index (χ2n) is 5.89. The Balaban J connectivity index is 1.75. The molecule has 1 unspecified atom stereocenters. The molecule has 1 aliphatic heterocycles. The highest BCUT2D eigenvalue weighted by atomic mass is 32.2. The molecule has 1 aromatic rings. The van der Waals surface area contributed by atoms with Crippen LogP contribution in [0, 0.1) is 12.8 Å². The standard InChI is InChI=1S/C16H25N3OS/c1-12(2)15-11-19(8-9-21-15)16(20)17-7-6-14-5-4-13(3)18-10-14/h4-5,10,12,15H,6-9,11H2,1-3H3,(H,17,20). The van der Waals surface area contributed by atoms with Crippen LogP contribution in [-0.4, -0.2) is 46.6 Å². The van der Waals surface area contributed by atoms with Gasteiger partial charge in [0.15, 0.2) is 0 Å². The van der Waals surface area contributed by atoms with Gasteiger partial charge in [-0.1, -0.05) is 19.9 Å². The molecule has 1 fully saturated rings. The van der Waals surface area contributed by atoms with E-state index in [0.717, 1.165) is 36.5 Å². The minimum absolute atomic E-state index is 0.0704. The predicted molar refractivity (Wildman–Crippen MR) is 88.7 cm³/mol. The highest BCUT2D eigenvalue weighted by Gasteiger charge is 2.25. The molecule has 21 heavy (non-hydrogen) atoms. The van der Waals surface area contributed by atoms with Gasteiger partial charge in [0, 0.05) is 42.5 Å². The summed E-state index contributed by atoms with van der Waals surface area (Å²) in [6.45, 7) is 8.81. The quantitative estimate of drug-likeness (QED) is 0.930. The van der Waals surface area contributed by atoms with Gasteiger partial charge in [0.2, 0.25) is 0 Å². The molecule has 1 saturated heterocycles. The van der Waals surface area contributed by atoms with Crippen molar-refractivity contribution >= 4 is 17.8 Å². The Bertz CT molecular complexity index is 461. The molecule has 2 heterocycles. The minimum Gasteiger partial charge on any atom is -0.338 e. The van der Waals surface area contributed by atoms with Crippen LogP contribution in [0.15, 0.2) is 18.3 Å². The van der Waals surface area contributed by atoms with Crippen molar-refractivity contribution in [2.75, 3.05) is 25.4 Å². The maximum absolute atomic E-state index is 12.2. The van der Waals surface area contributed by atoms with E-state index in [0.29, 0.717) is 17.7 Å². The van der Waals surface area contributed by atoms with Crippen molar-refractivity contribution in [1.29, 1.82) is 0 Å². The number of amides is 2. The first-order valence-electron chi connectivity index (χ1n) is 7.62. The van der Waals surface area contributed by atoms with E-state index >= 15 is 0 Å². The van der Waals surface area contributed by atoms with Crippen molar-refractivity contribution in [3.63, 3.8) is 0 Å². The van der Waals surface area contributed by atoms with E-state index in [-0.39, 0.29) is 6.03 Å². The normalized spacial score (nSPS) is 18.9. The third-order valence-electron chi connectivity index (χ3n) is 3.79. The van der Waals surface area contributed by atoms with E-state index < -0.39 is 0 Å². The SMILES string of the molecule is Cc1ccc(CCNC(=O)N2CCSC(C(C)C)C2)cn1. The van der Waals surface area contributed by atoms with Gasteiger partial charge < -0.3 is 10.2 Å². The summed E-state index contributed by atoms with van der Waals surface area (Å²) in [6.07, 6.45) is 2.71. The lowest BCUT2D eigenvalue weighted by atomic mass is 10.1. The van der Waals surface area contributed by atoms with E-state index in [1.54, 1.807) is 0 Å². The highest BCUT2D eigenvalue weighted by Crippen LogP contribution is 2.24. The number of rotatable bonds is 4. The molecule has 116 valence electrons. The molecule has 0 radical (unpaired) electrons. The number of hydrogen-bond acceptors (Lipinski definition) is 3. The van der Waals surface area contributed by atoms with Gasteiger partial charge in [0.25, 0.3) is 0 Å². The van der Waals surface area contributed by atoms with Gasteiger partial charge in [-0.05, 0) is 30.9 Å². The van der Waals surface area contributed by atoms with E-state index in [4.69, 9.17) is 0 Å². The van der Waals surface area contributed by atoms with Crippen molar-refractivity contribution < 1.29 is 4.79 Å². The number of carbonyl (C=O) groups excluding carboxylic acids is 1. The van der Waals surface area contributed by atoms with Gasteiger partial charge in [-0.2, -0.15) is 11.8 Å². The van der Waals surface area contributed by atoms with Gasteiger partial charge in [-0.25, -0.2) is 4.79 Å². The molecule has 1 aromatic heterocycles. The summed E-state index contributed by atoms with van der Waals surface area (Å²) < 4.78 is 0. The molecule has 0 spiro atoms. The number of carbonyl (C=O) groups is 1. The Labute approximate surface area is 131 Å². The molecule has 0 aromatic carbocycles. The molecule has 2 rings (SSSR count). The van der Waals surface area contributed by atoms with Gasteiger partial charge in [0.05, 0.1) is 0 Å². The fourth-order valence-electron chi connectivity index (χ4n) is 2.34. The second-order valence-corrected chi connectivity index (χ2v) is 7.24. The summed E-state index contributed by atoms with van der Waals surface area (Å²) in [4.78, 5) is 18.4. The molecule has 5 heteroatoms. The first-order chi connectivity index (χ1) is 10.1. The molecule has 0 aliphatic carbocycles. The monoisotopic (exact) mass is 307 g/mol. The summed E-state index contributed by atoms with van der Waals surface area (Å²) >= 11 is 1.98. The molecule has 4 nitrogen and oxygen atoms in total. The number of aromatic nitrogens is 1. The van der Waals surface area contributed by atoms with Crippen LogP contribution in [0.5, 0.6) is 0 Å². The number of pyridine rings is 1. The number of hydrogen-bond donors (Lipinski definition) is 1. The topological polar surface area (TPSA) is 45.2 Å². The van der Waals surface area contributed by atoms with Crippen molar-refractivity contribution in [3.8, 4) is 0 Å². The van der Waals surface area contributed by atoms with Crippen LogP contribution >= 0.6 is 11.8 Å². The maximum Gasteiger partial charge on any atom is 0.317 e. The maximum atomic E-state index is 12.2. The highest BCUT2D eigenvalue weighted by molar-refractivity contribution is 8.00. The number of nitrogens with one attached hydrogen (secondary N) is 1. The predicted octanol–water partition coefficient (Wildman–Crippen LogP) is 2.72. The Hall–Kier alpha value is -1.23. The smallest absolute Gasteiger partial charge is 0.317 e. The Morgan fingerprint density at radius 1 is 1.52 bits per heavy atom. The summed E-state index contributed by atoms with van der Waals surface area (Å²) in [6, 6.07) is 4.15. The lowest BCUT2D eigenvalue weighted by Gasteiger charge is -2.34. The van der Waals surface area contributed by atoms with Crippen LogP contribution in [0.1, 0.15) is 25.1 Å². The van der Waals surface area contributed by atoms with Crippen LogP contribution in [-0.2, 0) is 6.42 Å². The molecule has 1 aliphatic rings. The van der Waals surface area contributed by atoms with E-state index in [9.17, 15) is 4.79 Å². The van der Waals surface area contributed by atoms with Crippen LogP contribution in [0.2, 0.25) is 0 Å². The van der Waals surface area contributed by atoms with Crippen molar-refractivity contribution in [3.05, 3.63) is 29.6 Å². The Morgan fingerprint density at radius 3 is 3.00 bits per heavy atom. The lowest BCUT2D eigenvalue weighted by molar-refractivity contribution is 0.197. The van der Waals surface area contributed by atoms with Gasteiger partial charge in [-0.15, -0.1) is 0 Å². The Kier molecular flexibility index (Phi) is 5.91. The van der Waals surface area contributed by atoms with Gasteiger partial charge >= 0.3 is 6.03 Å². The zero-order valence-corrected chi connectivity index (χ0v) is 13.9. The van der Waals surface area contributed by atoms with Crippen molar-refractivity contribution in [1.82, 2.24) is 15.2 Å². The molecule has 1 atom stereocenters. The average Bonchev–Trinajstić information content (AvgIpc) is 2.49. The molecule has 0 bridgehead atoms. The Morgan fingerprint density at radius 2 is 2.33 bits per heavy atom. The van der Waals surface area contributed by atoms with Gasteiger partial charge in [-0.3, -0.25) is 4.98 Å². The first kappa shape index (κ1) is 16.1. The van der Waals surface area contributed by atoms with Crippen LogP contribution in [0.25, 0.3) is 0 Å². The van der Waals surface area contributed by atoms with Crippen LogP contribution in [0.4, 0.5) is 4.79 Å². The number of urea groups is 1. The summed E-state index contributed by atoms with van der Waals surface area (Å²) in [5.41, 5.74) is 2.18. The van der Waals surface area contributed by atoms with E-state index in [1.165, 1.54) is 0 Å². The third-order valence-corrected chi connectivity index (χ3v) is 5.33. The van der Waals surface area contributed by atoms with E-state index in [1.807, 2.05) is 35.8 Å². The summed E-state index contributed by atoms with van der Waals surface area (Å²) in [5.74, 6) is 1.65. The molecular weight excluding hydrogens is 282 g/mol. The van der Waals surface area contributed by atoms with Crippen LogP contribution < -0.4 is 5.32 Å². The van der Waals surface area contributed by atoms with E-state index in [2.05, 4.69) is 30.2 Å². The zero-order chi connectivity index (χ0) is 15.2. The second kappa shape index (κ2) is 7.69. The zero-order valence-electron chi connectivity index (χ0n) is 13.1. The molecule has 2 amide bonds. The van der Waals surface area contributed by atoms with Crippen molar-refractivity contribution in [2.24, 2.45) is 5.92 Å². The molecule has 1 N–H and O–H groups in total. The average molecular weight is 307 g/mol.